The van der Waals surface area contributed by atoms with Crippen molar-refractivity contribution in [2.45, 2.75) is 20.0 Å². The Morgan fingerprint density at radius 2 is 1.82 bits per heavy atom. The first kappa shape index (κ1) is 19.5. The summed E-state index contributed by atoms with van der Waals surface area (Å²) in [6, 6.07) is 16.8. The molecule has 146 valence electrons. The van der Waals surface area contributed by atoms with Gasteiger partial charge < -0.3 is 14.8 Å². The molecular weight excluding hydrogens is 364 g/mol. The van der Waals surface area contributed by atoms with Gasteiger partial charge in [0.1, 0.15) is 11.6 Å². The van der Waals surface area contributed by atoms with E-state index in [-0.39, 0.29) is 11.8 Å². The van der Waals surface area contributed by atoms with Crippen molar-refractivity contribution in [3.8, 4) is 23.0 Å². The summed E-state index contributed by atoms with van der Waals surface area (Å²) in [4.78, 5) is 8.74. The molecule has 0 atom stereocenters. The molecule has 0 fully saturated rings. The van der Waals surface area contributed by atoms with Crippen LogP contribution in [-0.4, -0.2) is 30.2 Å². The molecule has 1 heterocycles. The molecule has 1 aromatic heterocycles. The molecule has 0 bridgehead atoms. The monoisotopic (exact) mass is 385 g/mol. The molecule has 3 aromatic rings. The minimum Gasteiger partial charge on any atom is -0.467 e. The van der Waals surface area contributed by atoms with Gasteiger partial charge in [0.2, 0.25) is 0 Å². The summed E-state index contributed by atoms with van der Waals surface area (Å²) < 4.78 is 34.0. The first-order valence-corrected chi connectivity index (χ1v) is 8.81. The van der Waals surface area contributed by atoms with E-state index in [0.717, 1.165) is 22.4 Å². The van der Waals surface area contributed by atoms with Gasteiger partial charge in [-0.25, -0.2) is 0 Å². The van der Waals surface area contributed by atoms with E-state index >= 15 is 0 Å². The maximum absolute atomic E-state index is 12.2. The summed E-state index contributed by atoms with van der Waals surface area (Å²) in [5.41, 5.74) is 3.89. The van der Waals surface area contributed by atoms with Crippen molar-refractivity contribution >= 4 is 5.82 Å². The highest BCUT2D eigenvalue weighted by molar-refractivity contribution is 5.63. The number of benzene rings is 2. The number of hydrogen-bond acceptors (Lipinski definition) is 5. The van der Waals surface area contributed by atoms with Crippen molar-refractivity contribution in [2.24, 2.45) is 0 Å². The smallest absolute Gasteiger partial charge is 0.387 e. The van der Waals surface area contributed by atoms with Crippen LogP contribution in [0.4, 0.5) is 14.6 Å². The molecule has 3 rings (SSSR count). The average molecular weight is 385 g/mol. The Morgan fingerprint density at radius 1 is 1.04 bits per heavy atom. The van der Waals surface area contributed by atoms with E-state index in [0.29, 0.717) is 18.8 Å². The van der Waals surface area contributed by atoms with Gasteiger partial charge in [-0.1, -0.05) is 35.9 Å². The van der Waals surface area contributed by atoms with Gasteiger partial charge in [0, 0.05) is 18.2 Å². The van der Waals surface area contributed by atoms with E-state index < -0.39 is 6.61 Å². The van der Waals surface area contributed by atoms with Gasteiger partial charge in [-0.05, 0) is 37.1 Å². The lowest BCUT2D eigenvalue weighted by molar-refractivity contribution is -0.0498. The largest absolute Gasteiger partial charge is 0.467 e. The van der Waals surface area contributed by atoms with Crippen LogP contribution in [0.25, 0.3) is 11.3 Å². The second-order valence-corrected chi connectivity index (χ2v) is 6.19. The zero-order valence-electron chi connectivity index (χ0n) is 15.7. The van der Waals surface area contributed by atoms with Gasteiger partial charge in [0.25, 0.3) is 0 Å². The van der Waals surface area contributed by atoms with Crippen LogP contribution in [0.5, 0.6) is 11.8 Å². The average Bonchev–Trinajstić information content (AvgIpc) is 2.68. The van der Waals surface area contributed by atoms with Crippen LogP contribution >= 0.6 is 0 Å². The molecule has 0 aliphatic heterocycles. The van der Waals surface area contributed by atoms with Gasteiger partial charge in [0.05, 0.1) is 12.8 Å². The van der Waals surface area contributed by atoms with Crippen molar-refractivity contribution in [2.75, 3.05) is 19.0 Å². The molecule has 0 radical (unpaired) electrons. The molecule has 0 saturated carbocycles. The van der Waals surface area contributed by atoms with Gasteiger partial charge >= 0.3 is 12.6 Å². The van der Waals surface area contributed by atoms with E-state index in [1.54, 1.807) is 12.1 Å². The van der Waals surface area contributed by atoms with Gasteiger partial charge in [-0.3, -0.25) is 0 Å². The zero-order chi connectivity index (χ0) is 19.9. The van der Waals surface area contributed by atoms with Crippen LogP contribution in [0.15, 0.2) is 54.6 Å². The van der Waals surface area contributed by atoms with Crippen molar-refractivity contribution < 1.29 is 18.3 Å². The minimum atomic E-state index is -2.82. The molecule has 28 heavy (non-hydrogen) atoms. The number of rotatable bonds is 8. The van der Waals surface area contributed by atoms with E-state index in [1.165, 1.54) is 19.2 Å². The number of halogens is 2. The van der Waals surface area contributed by atoms with Crippen molar-refractivity contribution in [1.82, 2.24) is 9.97 Å². The lowest BCUT2D eigenvalue weighted by atomic mass is 10.1. The molecular formula is C21H21F2N3O2. The summed E-state index contributed by atoms with van der Waals surface area (Å²) in [5, 5.41) is 3.26. The topological polar surface area (TPSA) is 56.3 Å². The Morgan fingerprint density at radius 3 is 2.50 bits per heavy atom. The number of aromatic nitrogens is 2. The highest BCUT2D eigenvalue weighted by Gasteiger charge is 2.08. The van der Waals surface area contributed by atoms with E-state index in [2.05, 4.69) is 26.1 Å². The number of ether oxygens (including phenoxy) is 2. The Hall–Kier alpha value is -3.22. The number of hydrogen-bond donors (Lipinski definition) is 1. The fourth-order valence-electron chi connectivity index (χ4n) is 2.73. The number of nitrogens with zero attached hydrogens (tertiary/aromatic N) is 2. The number of methoxy groups -OCH3 is 1. The van der Waals surface area contributed by atoms with Gasteiger partial charge in [0.15, 0.2) is 0 Å². The van der Waals surface area contributed by atoms with E-state index in [4.69, 9.17) is 4.74 Å². The third-order valence-electron chi connectivity index (χ3n) is 4.07. The molecule has 5 nitrogen and oxygen atoms in total. The predicted octanol–water partition coefficient (Wildman–Crippen LogP) is 4.72. The van der Waals surface area contributed by atoms with Crippen molar-refractivity contribution in [3.05, 3.63) is 65.7 Å². The molecule has 2 aromatic carbocycles. The lowest BCUT2D eigenvalue weighted by Crippen LogP contribution is -2.08. The summed E-state index contributed by atoms with van der Waals surface area (Å²) >= 11 is 0. The van der Waals surface area contributed by atoms with Crippen LogP contribution in [0.3, 0.4) is 0 Å². The fourth-order valence-corrected chi connectivity index (χ4v) is 2.73. The van der Waals surface area contributed by atoms with Gasteiger partial charge in [-0.15, -0.1) is 0 Å². The second kappa shape index (κ2) is 9.12. The highest BCUT2D eigenvalue weighted by Crippen LogP contribution is 2.23. The molecule has 0 aliphatic rings. The van der Waals surface area contributed by atoms with Crippen LogP contribution in [0, 0.1) is 6.92 Å². The normalized spacial score (nSPS) is 10.8. The van der Waals surface area contributed by atoms with Crippen LogP contribution < -0.4 is 14.8 Å². The van der Waals surface area contributed by atoms with E-state index in [1.807, 2.05) is 31.2 Å². The molecule has 0 aliphatic carbocycles. The third kappa shape index (κ3) is 5.39. The molecule has 1 N–H and O–H groups in total. The Kier molecular flexibility index (Phi) is 6.37. The molecule has 0 spiro atoms. The SMILES string of the molecule is COc1nc(NCCc2ccc(OC(F)F)cc2)cc(-c2cccc(C)c2)n1. The Balaban J connectivity index is 1.66. The number of alkyl halides is 2. The second-order valence-electron chi connectivity index (χ2n) is 6.19. The maximum Gasteiger partial charge on any atom is 0.387 e. The molecule has 0 amide bonds. The van der Waals surface area contributed by atoms with Gasteiger partial charge in [-0.2, -0.15) is 18.7 Å². The lowest BCUT2D eigenvalue weighted by Gasteiger charge is -2.10. The summed E-state index contributed by atoms with van der Waals surface area (Å²) in [5.74, 6) is 0.802. The maximum atomic E-state index is 12.2. The molecule has 0 saturated heterocycles. The minimum absolute atomic E-state index is 0.148. The fraction of sp³-hybridized carbons (Fsp3) is 0.238. The molecule has 7 heteroatoms. The number of nitrogens with one attached hydrogen (secondary N) is 1. The van der Waals surface area contributed by atoms with Crippen molar-refractivity contribution in [3.63, 3.8) is 0 Å². The summed E-state index contributed by atoms with van der Waals surface area (Å²) in [6.45, 7) is -0.177. The van der Waals surface area contributed by atoms with Crippen molar-refractivity contribution in [1.29, 1.82) is 0 Å². The first-order valence-electron chi connectivity index (χ1n) is 8.81. The Bertz CT molecular complexity index is 918. The van der Waals surface area contributed by atoms with Crippen LogP contribution in [0.1, 0.15) is 11.1 Å². The van der Waals surface area contributed by atoms with Crippen LogP contribution in [0.2, 0.25) is 0 Å². The Labute approximate surface area is 162 Å². The van der Waals surface area contributed by atoms with E-state index in [9.17, 15) is 8.78 Å². The predicted molar refractivity (Wildman–Crippen MR) is 104 cm³/mol. The van der Waals surface area contributed by atoms with Crippen LogP contribution in [-0.2, 0) is 6.42 Å². The molecule has 0 unspecified atom stereocenters. The zero-order valence-corrected chi connectivity index (χ0v) is 15.7. The standard InChI is InChI=1S/C21H21F2N3O2/c1-14-4-3-5-16(12-14)18-13-19(26-21(25-18)27-2)24-11-10-15-6-8-17(9-7-15)28-20(22)23/h3-9,12-13,20H,10-11H2,1-2H3,(H,24,25,26). The number of aryl methyl sites for hydroxylation is 1. The third-order valence-corrected chi connectivity index (χ3v) is 4.07. The summed E-state index contributed by atoms with van der Waals surface area (Å²) in [6.07, 6.45) is 0.695. The summed E-state index contributed by atoms with van der Waals surface area (Å²) in [7, 11) is 1.53. The quantitative estimate of drug-likeness (QED) is 0.608. The highest BCUT2D eigenvalue weighted by atomic mass is 19.3. The first-order chi connectivity index (χ1) is 13.5. The number of anilines is 1.